The molecule has 12 heteroatoms. The molecule has 26 heavy (non-hydrogen) atoms. The Balaban J connectivity index is 2.17. The van der Waals surface area contributed by atoms with Gasteiger partial charge < -0.3 is 25.9 Å². The minimum absolute atomic E-state index is 0.0496. The smallest absolute Gasteiger partial charge is 0.341 e. The van der Waals surface area contributed by atoms with Gasteiger partial charge in [0.2, 0.25) is 11.8 Å². The predicted molar refractivity (Wildman–Crippen MR) is 94.8 cm³/mol. The van der Waals surface area contributed by atoms with E-state index in [1.165, 1.54) is 14.0 Å². The molecule has 2 rings (SSSR count). The van der Waals surface area contributed by atoms with Gasteiger partial charge in [0, 0.05) is 0 Å². The number of aromatic nitrogens is 2. The molecule has 0 saturated carbocycles. The van der Waals surface area contributed by atoms with Crippen LogP contribution in [0.3, 0.4) is 0 Å². The quantitative estimate of drug-likeness (QED) is 0.309. The van der Waals surface area contributed by atoms with Gasteiger partial charge in [0.1, 0.15) is 5.00 Å². The number of anilines is 1. The van der Waals surface area contributed by atoms with Crippen molar-refractivity contribution in [1.82, 2.24) is 9.97 Å². The number of aromatic hydroxyl groups is 1. The number of nitrogens with zero attached hydrogens (tertiary/aromatic N) is 1. The zero-order valence-corrected chi connectivity index (χ0v) is 15.2. The molecular weight excluding hydrogens is 384 g/mol. The number of hydrogen-bond donors (Lipinski definition) is 4. The summed E-state index contributed by atoms with van der Waals surface area (Å²) in [5.41, 5.74) is 5.07. The van der Waals surface area contributed by atoms with Crippen LogP contribution in [0.5, 0.6) is 5.88 Å². The fourth-order valence-corrected chi connectivity index (χ4v) is 3.71. The van der Waals surface area contributed by atoms with Crippen molar-refractivity contribution in [3.63, 3.8) is 0 Å². The van der Waals surface area contributed by atoms with E-state index in [-0.39, 0.29) is 26.4 Å². The van der Waals surface area contributed by atoms with Gasteiger partial charge in [-0.15, -0.1) is 11.3 Å². The van der Waals surface area contributed by atoms with Crippen LogP contribution >= 0.6 is 23.1 Å². The van der Waals surface area contributed by atoms with E-state index in [4.69, 9.17) is 5.73 Å². The maximum absolute atomic E-state index is 12.1. The van der Waals surface area contributed by atoms with E-state index >= 15 is 0 Å². The third-order valence-electron chi connectivity index (χ3n) is 3.06. The molecule has 0 atom stereocenters. The number of ether oxygens (including phenoxy) is 1. The molecular formula is C14H14N4O6S2. The monoisotopic (exact) mass is 398 g/mol. The lowest BCUT2D eigenvalue weighted by molar-refractivity contribution is -0.113. The second kappa shape index (κ2) is 8.01. The van der Waals surface area contributed by atoms with Gasteiger partial charge in [-0.2, -0.15) is 4.98 Å². The van der Waals surface area contributed by atoms with Gasteiger partial charge in [-0.05, 0) is 12.5 Å². The summed E-state index contributed by atoms with van der Waals surface area (Å²) in [6.45, 7) is 1.52. The van der Waals surface area contributed by atoms with Crippen molar-refractivity contribution in [3.8, 4) is 5.88 Å². The van der Waals surface area contributed by atoms with Gasteiger partial charge in [0.15, 0.2) is 5.16 Å². The second-order valence-corrected chi connectivity index (χ2v) is 6.85. The second-order valence-electron chi connectivity index (χ2n) is 4.86. The molecule has 0 unspecified atom stereocenters. The Kier molecular flexibility index (Phi) is 6.00. The molecule has 0 aliphatic rings. The van der Waals surface area contributed by atoms with Crippen LogP contribution in [0.2, 0.25) is 0 Å². The number of aromatic amines is 1. The molecule has 138 valence electrons. The average Bonchev–Trinajstić information content (AvgIpc) is 2.88. The Bertz CT molecular complexity index is 936. The minimum atomic E-state index is -0.728. The number of nitrogens with two attached hydrogens (primary N) is 1. The Labute approximate surface area is 154 Å². The number of H-pyrrole nitrogens is 1. The summed E-state index contributed by atoms with van der Waals surface area (Å²) in [6, 6.07) is 0.895. The van der Waals surface area contributed by atoms with Crippen LogP contribution in [0.4, 0.5) is 5.00 Å². The van der Waals surface area contributed by atoms with Crippen molar-refractivity contribution < 1.29 is 24.2 Å². The molecule has 0 fully saturated rings. The standard InChI is InChI=1S/C14H14N4O6S2/c1-5-9(13(23)24-2)12(26-10(5)11(15)22)16-8(21)4-25-14-17-6(19)3-7(20)18-14/h3H,4H2,1-2H3,(H2,15,22)(H,16,21)(H2,17,18,19,20). The van der Waals surface area contributed by atoms with E-state index in [0.29, 0.717) is 5.56 Å². The largest absolute Gasteiger partial charge is 0.493 e. The summed E-state index contributed by atoms with van der Waals surface area (Å²) in [5.74, 6) is -2.61. The van der Waals surface area contributed by atoms with E-state index in [9.17, 15) is 24.3 Å². The highest BCUT2D eigenvalue weighted by Gasteiger charge is 2.25. The van der Waals surface area contributed by atoms with Crippen molar-refractivity contribution >= 4 is 45.9 Å². The van der Waals surface area contributed by atoms with Crippen LogP contribution in [0.1, 0.15) is 25.6 Å². The Morgan fingerprint density at radius 1 is 1.46 bits per heavy atom. The molecule has 2 aromatic heterocycles. The third kappa shape index (κ3) is 4.40. The van der Waals surface area contributed by atoms with Crippen LogP contribution < -0.4 is 16.6 Å². The van der Waals surface area contributed by atoms with Crippen LogP contribution in [-0.4, -0.2) is 45.7 Å². The molecule has 0 aromatic carbocycles. The molecule has 2 amide bonds. The predicted octanol–water partition coefficient (Wildman–Crippen LogP) is 0.462. The van der Waals surface area contributed by atoms with E-state index in [1.54, 1.807) is 0 Å². The lowest BCUT2D eigenvalue weighted by Gasteiger charge is -2.06. The van der Waals surface area contributed by atoms with Crippen LogP contribution in [0.25, 0.3) is 0 Å². The summed E-state index contributed by atoms with van der Waals surface area (Å²) in [4.78, 5) is 52.9. The summed E-state index contributed by atoms with van der Waals surface area (Å²) in [7, 11) is 1.18. The Hall–Kier alpha value is -2.86. The molecule has 0 saturated heterocycles. The third-order valence-corrected chi connectivity index (χ3v) is 5.15. The molecule has 0 aliphatic heterocycles. The van der Waals surface area contributed by atoms with E-state index in [1.807, 2.05) is 0 Å². The summed E-state index contributed by atoms with van der Waals surface area (Å²) < 4.78 is 4.67. The summed E-state index contributed by atoms with van der Waals surface area (Å²) >= 11 is 1.73. The maximum Gasteiger partial charge on any atom is 0.341 e. The number of carbonyl (C=O) groups excluding carboxylic acids is 3. The van der Waals surface area contributed by atoms with Gasteiger partial charge in [0.05, 0.1) is 29.4 Å². The number of methoxy groups -OCH3 is 1. The van der Waals surface area contributed by atoms with Gasteiger partial charge in [0.25, 0.3) is 11.5 Å². The number of esters is 1. The van der Waals surface area contributed by atoms with Crippen LogP contribution in [-0.2, 0) is 9.53 Å². The van der Waals surface area contributed by atoms with Gasteiger partial charge in [-0.1, -0.05) is 11.8 Å². The van der Waals surface area contributed by atoms with Crippen LogP contribution in [0.15, 0.2) is 16.0 Å². The number of primary amides is 1. The molecule has 0 bridgehead atoms. The molecule has 2 heterocycles. The zero-order chi connectivity index (χ0) is 19.4. The van der Waals surface area contributed by atoms with Crippen molar-refractivity contribution in [2.45, 2.75) is 12.1 Å². The van der Waals surface area contributed by atoms with Crippen molar-refractivity contribution in [1.29, 1.82) is 0 Å². The maximum atomic E-state index is 12.1. The number of amides is 2. The van der Waals surface area contributed by atoms with Gasteiger partial charge in [-0.25, -0.2) is 4.79 Å². The van der Waals surface area contributed by atoms with E-state index in [2.05, 4.69) is 20.0 Å². The first-order valence-electron chi connectivity index (χ1n) is 6.97. The summed E-state index contributed by atoms with van der Waals surface area (Å²) in [6.07, 6.45) is 0. The first-order valence-corrected chi connectivity index (χ1v) is 8.77. The van der Waals surface area contributed by atoms with E-state index in [0.717, 1.165) is 29.2 Å². The van der Waals surface area contributed by atoms with Crippen molar-refractivity contribution in [3.05, 3.63) is 32.4 Å². The Morgan fingerprint density at radius 2 is 2.15 bits per heavy atom. The highest BCUT2D eigenvalue weighted by atomic mass is 32.2. The number of thioether (sulfide) groups is 1. The normalized spacial score (nSPS) is 10.4. The number of hydrogen-bond acceptors (Lipinski definition) is 9. The number of thiophene rings is 1. The number of nitrogens with one attached hydrogen (secondary N) is 2. The average molecular weight is 398 g/mol. The molecule has 5 N–H and O–H groups in total. The molecule has 0 spiro atoms. The molecule has 0 radical (unpaired) electrons. The van der Waals surface area contributed by atoms with Gasteiger partial charge >= 0.3 is 5.97 Å². The fourth-order valence-electron chi connectivity index (χ4n) is 1.97. The number of rotatable bonds is 6. The first kappa shape index (κ1) is 19.5. The highest BCUT2D eigenvalue weighted by molar-refractivity contribution is 7.99. The molecule has 2 aromatic rings. The number of carbonyl (C=O) groups is 3. The first-order chi connectivity index (χ1) is 12.2. The van der Waals surface area contributed by atoms with Crippen molar-refractivity contribution in [2.24, 2.45) is 5.73 Å². The summed E-state index contributed by atoms with van der Waals surface area (Å²) in [5, 5.41) is 12.0. The fraction of sp³-hybridized carbons (Fsp3) is 0.214. The van der Waals surface area contributed by atoms with Crippen molar-refractivity contribution in [2.75, 3.05) is 18.2 Å². The van der Waals surface area contributed by atoms with Crippen LogP contribution in [0, 0.1) is 6.92 Å². The lowest BCUT2D eigenvalue weighted by atomic mass is 10.1. The minimum Gasteiger partial charge on any atom is -0.493 e. The van der Waals surface area contributed by atoms with Gasteiger partial charge in [-0.3, -0.25) is 14.4 Å². The molecule has 10 nitrogen and oxygen atoms in total. The molecule has 0 aliphatic carbocycles. The Morgan fingerprint density at radius 3 is 2.73 bits per heavy atom. The zero-order valence-electron chi connectivity index (χ0n) is 13.6. The topological polar surface area (TPSA) is 164 Å². The SMILES string of the molecule is COC(=O)c1c(NC(=O)CSc2nc(O)cc(=O)[nH]2)sc(C(N)=O)c1C. The highest BCUT2D eigenvalue weighted by Crippen LogP contribution is 2.33. The van der Waals surface area contributed by atoms with E-state index < -0.39 is 29.2 Å². The lowest BCUT2D eigenvalue weighted by Crippen LogP contribution is -2.16.